The van der Waals surface area contributed by atoms with E-state index in [2.05, 4.69) is 10.3 Å². The molecule has 0 bridgehead atoms. The van der Waals surface area contributed by atoms with Crippen molar-refractivity contribution in [3.8, 4) is 6.19 Å². The van der Waals surface area contributed by atoms with Gasteiger partial charge < -0.3 is 9.88 Å². The van der Waals surface area contributed by atoms with Gasteiger partial charge in [-0.3, -0.25) is 0 Å². The first-order valence-corrected chi connectivity index (χ1v) is 2.92. The predicted molar refractivity (Wildman–Crippen MR) is 35.7 cm³/mol. The number of imidazole rings is 1. The standard InChI is InChI=1S/C6H8N4/c1-10-3-2-9-6(10)4-8-5-7/h2-3,8H,4H2,1H3. The van der Waals surface area contributed by atoms with E-state index in [4.69, 9.17) is 5.26 Å². The molecule has 4 nitrogen and oxygen atoms in total. The number of rotatable bonds is 2. The van der Waals surface area contributed by atoms with E-state index in [1.807, 2.05) is 24.0 Å². The normalized spacial score (nSPS) is 8.80. The van der Waals surface area contributed by atoms with Gasteiger partial charge in [-0.15, -0.1) is 0 Å². The molecule has 0 fully saturated rings. The van der Waals surface area contributed by atoms with E-state index < -0.39 is 0 Å². The minimum atomic E-state index is 0.500. The molecule has 0 spiro atoms. The Labute approximate surface area is 59.1 Å². The van der Waals surface area contributed by atoms with Crippen molar-refractivity contribution in [1.82, 2.24) is 14.9 Å². The molecule has 0 aliphatic rings. The Morgan fingerprint density at radius 1 is 1.90 bits per heavy atom. The van der Waals surface area contributed by atoms with Crippen LogP contribution in [0.1, 0.15) is 5.82 Å². The molecule has 10 heavy (non-hydrogen) atoms. The molecule has 0 saturated heterocycles. The third-order valence-electron chi connectivity index (χ3n) is 1.25. The molecule has 1 aromatic rings. The molecule has 0 radical (unpaired) electrons. The molecule has 1 N–H and O–H groups in total. The maximum atomic E-state index is 8.16. The fourth-order valence-electron chi connectivity index (χ4n) is 0.685. The fourth-order valence-corrected chi connectivity index (χ4v) is 0.685. The van der Waals surface area contributed by atoms with Crippen LogP contribution in [-0.2, 0) is 13.6 Å². The van der Waals surface area contributed by atoms with Gasteiger partial charge in [-0.25, -0.2) is 4.98 Å². The average molecular weight is 136 g/mol. The van der Waals surface area contributed by atoms with Crippen LogP contribution in [0.5, 0.6) is 0 Å². The maximum absolute atomic E-state index is 8.16. The summed E-state index contributed by atoms with van der Waals surface area (Å²) in [6.07, 6.45) is 5.37. The zero-order chi connectivity index (χ0) is 7.40. The lowest BCUT2D eigenvalue weighted by Gasteiger charge is -1.96. The van der Waals surface area contributed by atoms with Gasteiger partial charge in [-0.05, 0) is 0 Å². The number of hydrogen-bond donors (Lipinski definition) is 1. The number of nitriles is 1. The van der Waals surface area contributed by atoms with Gasteiger partial charge in [0.15, 0.2) is 6.19 Å². The zero-order valence-corrected chi connectivity index (χ0v) is 5.70. The third kappa shape index (κ3) is 1.26. The Kier molecular flexibility index (Phi) is 1.90. The van der Waals surface area contributed by atoms with E-state index in [0.29, 0.717) is 6.54 Å². The van der Waals surface area contributed by atoms with Crippen molar-refractivity contribution >= 4 is 0 Å². The molecule has 4 heteroatoms. The highest BCUT2D eigenvalue weighted by molar-refractivity contribution is 4.91. The third-order valence-corrected chi connectivity index (χ3v) is 1.25. The van der Waals surface area contributed by atoms with Crippen LogP contribution in [0.2, 0.25) is 0 Å². The largest absolute Gasteiger partial charge is 0.337 e. The van der Waals surface area contributed by atoms with Crippen molar-refractivity contribution in [3.05, 3.63) is 18.2 Å². The Morgan fingerprint density at radius 2 is 2.70 bits per heavy atom. The number of nitrogens with zero attached hydrogens (tertiary/aromatic N) is 3. The number of aromatic nitrogens is 2. The van der Waals surface area contributed by atoms with Gasteiger partial charge >= 0.3 is 0 Å². The topological polar surface area (TPSA) is 53.6 Å². The van der Waals surface area contributed by atoms with Gasteiger partial charge in [0.25, 0.3) is 0 Å². The van der Waals surface area contributed by atoms with Gasteiger partial charge in [0, 0.05) is 19.4 Å². The zero-order valence-electron chi connectivity index (χ0n) is 5.70. The Balaban J connectivity index is 2.59. The molecular formula is C6H8N4. The SMILES string of the molecule is Cn1ccnc1CNC#N. The van der Waals surface area contributed by atoms with Crippen LogP contribution in [0, 0.1) is 11.5 Å². The van der Waals surface area contributed by atoms with Crippen molar-refractivity contribution in [2.75, 3.05) is 0 Å². The molecule has 1 aromatic heterocycles. The molecule has 0 amide bonds. The van der Waals surface area contributed by atoms with Gasteiger partial charge in [-0.1, -0.05) is 0 Å². The van der Waals surface area contributed by atoms with Crippen LogP contribution in [0.4, 0.5) is 0 Å². The van der Waals surface area contributed by atoms with Crippen LogP contribution in [0.3, 0.4) is 0 Å². The van der Waals surface area contributed by atoms with Crippen molar-refractivity contribution in [1.29, 1.82) is 5.26 Å². The highest BCUT2D eigenvalue weighted by atomic mass is 15.1. The molecule has 0 unspecified atom stereocenters. The highest BCUT2D eigenvalue weighted by Crippen LogP contribution is 1.91. The second-order valence-electron chi connectivity index (χ2n) is 1.92. The van der Waals surface area contributed by atoms with E-state index in [0.717, 1.165) is 5.82 Å². The Bertz CT molecular complexity index is 244. The second kappa shape index (κ2) is 2.87. The lowest BCUT2D eigenvalue weighted by Crippen LogP contribution is -2.09. The molecule has 1 rings (SSSR count). The summed E-state index contributed by atoms with van der Waals surface area (Å²) in [4.78, 5) is 4.00. The van der Waals surface area contributed by atoms with Crippen LogP contribution in [-0.4, -0.2) is 9.55 Å². The first-order chi connectivity index (χ1) is 4.84. The minimum Gasteiger partial charge on any atom is -0.337 e. The van der Waals surface area contributed by atoms with Crippen molar-refractivity contribution in [3.63, 3.8) is 0 Å². The summed E-state index contributed by atoms with van der Waals surface area (Å²) in [6, 6.07) is 0. The van der Waals surface area contributed by atoms with Crippen molar-refractivity contribution in [2.24, 2.45) is 7.05 Å². The van der Waals surface area contributed by atoms with Gasteiger partial charge in [0.1, 0.15) is 5.82 Å². The molecule has 0 aliphatic carbocycles. The summed E-state index contributed by atoms with van der Waals surface area (Å²) in [5.41, 5.74) is 0. The van der Waals surface area contributed by atoms with Crippen LogP contribution < -0.4 is 5.32 Å². The summed E-state index contributed by atoms with van der Waals surface area (Å²) < 4.78 is 1.87. The lowest BCUT2D eigenvalue weighted by molar-refractivity contribution is 0.739. The summed E-state index contributed by atoms with van der Waals surface area (Å²) in [5.74, 6) is 0.863. The predicted octanol–water partition coefficient (Wildman–Crippen LogP) is -0.00922. The molecule has 0 atom stereocenters. The van der Waals surface area contributed by atoms with E-state index in [1.165, 1.54) is 0 Å². The van der Waals surface area contributed by atoms with Crippen LogP contribution >= 0.6 is 0 Å². The Morgan fingerprint density at radius 3 is 3.20 bits per heavy atom. The van der Waals surface area contributed by atoms with E-state index in [1.54, 1.807) is 6.20 Å². The summed E-state index contributed by atoms with van der Waals surface area (Å²) in [7, 11) is 1.89. The second-order valence-corrected chi connectivity index (χ2v) is 1.92. The molecule has 0 aliphatic heterocycles. The lowest BCUT2D eigenvalue weighted by atomic mass is 10.6. The van der Waals surface area contributed by atoms with Gasteiger partial charge in [-0.2, -0.15) is 5.26 Å². The summed E-state index contributed by atoms with van der Waals surface area (Å²) in [6.45, 7) is 0.500. The maximum Gasteiger partial charge on any atom is 0.176 e. The van der Waals surface area contributed by atoms with Gasteiger partial charge in [0.2, 0.25) is 0 Å². The summed E-state index contributed by atoms with van der Waals surface area (Å²) >= 11 is 0. The molecule has 1 heterocycles. The highest BCUT2D eigenvalue weighted by Gasteiger charge is 1.94. The van der Waals surface area contributed by atoms with Crippen LogP contribution in [0.25, 0.3) is 0 Å². The number of aryl methyl sites for hydroxylation is 1. The van der Waals surface area contributed by atoms with Crippen LogP contribution in [0.15, 0.2) is 12.4 Å². The smallest absolute Gasteiger partial charge is 0.176 e. The van der Waals surface area contributed by atoms with Crippen molar-refractivity contribution in [2.45, 2.75) is 6.54 Å². The fraction of sp³-hybridized carbons (Fsp3) is 0.333. The molecule has 0 saturated carbocycles. The van der Waals surface area contributed by atoms with Crippen molar-refractivity contribution < 1.29 is 0 Å². The number of hydrogen-bond acceptors (Lipinski definition) is 3. The minimum absolute atomic E-state index is 0.500. The number of nitrogens with one attached hydrogen (secondary N) is 1. The van der Waals surface area contributed by atoms with E-state index >= 15 is 0 Å². The van der Waals surface area contributed by atoms with E-state index in [-0.39, 0.29) is 0 Å². The van der Waals surface area contributed by atoms with E-state index in [9.17, 15) is 0 Å². The Hall–Kier alpha value is -1.50. The first-order valence-electron chi connectivity index (χ1n) is 2.92. The molecular weight excluding hydrogens is 128 g/mol. The molecule has 52 valence electrons. The molecule has 0 aromatic carbocycles. The summed E-state index contributed by atoms with van der Waals surface area (Å²) in [5, 5.41) is 10.7. The van der Waals surface area contributed by atoms with Gasteiger partial charge in [0.05, 0.1) is 6.54 Å². The average Bonchev–Trinajstić information content (AvgIpc) is 2.31. The quantitative estimate of drug-likeness (QED) is 0.459. The first kappa shape index (κ1) is 6.62. The monoisotopic (exact) mass is 136 g/mol.